The fourth-order valence-electron chi connectivity index (χ4n) is 1.83. The Morgan fingerprint density at radius 1 is 1.25 bits per heavy atom. The number of aromatic nitrogens is 2. The molecular formula is C15H20N4O. The summed E-state index contributed by atoms with van der Waals surface area (Å²) in [6.07, 6.45) is 0. The summed E-state index contributed by atoms with van der Waals surface area (Å²) in [5.74, 6) is 0.149. The highest BCUT2D eigenvalue weighted by Crippen LogP contribution is 2.23. The minimum atomic E-state index is -0.219. The Bertz CT molecular complexity index is 620. The first-order valence-corrected chi connectivity index (χ1v) is 6.51. The maximum absolute atomic E-state index is 12.1. The van der Waals surface area contributed by atoms with E-state index in [0.717, 1.165) is 5.69 Å². The lowest BCUT2D eigenvalue weighted by atomic mass is 9.87. The van der Waals surface area contributed by atoms with Crippen molar-refractivity contribution < 1.29 is 4.79 Å². The Labute approximate surface area is 118 Å². The minimum absolute atomic E-state index is 0.0682. The van der Waals surface area contributed by atoms with E-state index in [1.807, 2.05) is 24.3 Å². The summed E-state index contributed by atoms with van der Waals surface area (Å²) in [6.45, 7) is 8.20. The Balaban J connectivity index is 2.16. The largest absolute Gasteiger partial charge is 0.394 e. The van der Waals surface area contributed by atoms with Gasteiger partial charge in [-0.1, -0.05) is 32.9 Å². The van der Waals surface area contributed by atoms with E-state index < -0.39 is 0 Å². The second-order valence-corrected chi connectivity index (χ2v) is 5.89. The quantitative estimate of drug-likeness (QED) is 0.786. The molecule has 5 nitrogen and oxygen atoms in total. The number of H-pyrrole nitrogens is 1. The van der Waals surface area contributed by atoms with Crippen molar-refractivity contribution in [2.75, 3.05) is 11.1 Å². The predicted octanol–water partition coefficient (Wildman–Crippen LogP) is 2.85. The van der Waals surface area contributed by atoms with Gasteiger partial charge in [-0.05, 0) is 30.0 Å². The molecule has 20 heavy (non-hydrogen) atoms. The highest BCUT2D eigenvalue weighted by Gasteiger charge is 2.15. The summed E-state index contributed by atoms with van der Waals surface area (Å²) in [7, 11) is 0. The zero-order valence-corrected chi connectivity index (χ0v) is 12.2. The number of benzene rings is 1. The van der Waals surface area contributed by atoms with Crippen molar-refractivity contribution in [2.45, 2.75) is 33.1 Å². The summed E-state index contributed by atoms with van der Waals surface area (Å²) in [4.78, 5) is 12.1. The van der Waals surface area contributed by atoms with Gasteiger partial charge in [-0.2, -0.15) is 5.10 Å². The van der Waals surface area contributed by atoms with Crippen LogP contribution in [0.25, 0.3) is 0 Å². The smallest absolute Gasteiger partial charge is 0.256 e. The average molecular weight is 272 g/mol. The standard InChI is InChI=1S/C15H20N4O/c1-9-12(16)13(19-18-9)17-14(20)10-5-7-11(8-6-10)15(2,3)4/h5-8H,16H2,1-4H3,(H2,17,18,19,20). The summed E-state index contributed by atoms with van der Waals surface area (Å²) in [6, 6.07) is 7.55. The number of carbonyl (C=O) groups excluding carboxylic acids is 1. The van der Waals surface area contributed by atoms with Crippen molar-refractivity contribution in [1.82, 2.24) is 10.2 Å². The number of aryl methyl sites for hydroxylation is 1. The molecule has 1 amide bonds. The zero-order chi connectivity index (χ0) is 14.9. The van der Waals surface area contributed by atoms with E-state index in [1.165, 1.54) is 5.56 Å². The second kappa shape index (κ2) is 5.00. The molecule has 1 aromatic carbocycles. The summed E-state index contributed by atoms with van der Waals surface area (Å²) >= 11 is 0. The van der Waals surface area contributed by atoms with Gasteiger partial charge in [-0.3, -0.25) is 9.89 Å². The van der Waals surface area contributed by atoms with Crippen molar-refractivity contribution in [2.24, 2.45) is 0 Å². The molecule has 0 aliphatic carbocycles. The third-order valence-corrected chi connectivity index (χ3v) is 3.24. The number of nitrogens with zero attached hydrogens (tertiary/aromatic N) is 1. The lowest BCUT2D eigenvalue weighted by Gasteiger charge is -2.18. The maximum atomic E-state index is 12.1. The lowest BCUT2D eigenvalue weighted by molar-refractivity contribution is 0.102. The highest BCUT2D eigenvalue weighted by molar-refractivity contribution is 6.05. The van der Waals surface area contributed by atoms with Crippen LogP contribution in [-0.2, 0) is 5.41 Å². The van der Waals surface area contributed by atoms with Crippen molar-refractivity contribution in [3.63, 3.8) is 0 Å². The van der Waals surface area contributed by atoms with Gasteiger partial charge in [0.05, 0.1) is 11.4 Å². The fourth-order valence-corrected chi connectivity index (χ4v) is 1.83. The van der Waals surface area contributed by atoms with E-state index in [2.05, 4.69) is 36.3 Å². The molecule has 0 aliphatic rings. The molecule has 0 unspecified atom stereocenters. The van der Waals surface area contributed by atoms with Crippen molar-refractivity contribution >= 4 is 17.4 Å². The van der Waals surface area contributed by atoms with Gasteiger partial charge < -0.3 is 11.1 Å². The molecule has 0 atom stereocenters. The molecule has 0 aliphatic heterocycles. The molecule has 0 radical (unpaired) electrons. The first-order chi connectivity index (χ1) is 9.29. The number of carbonyl (C=O) groups is 1. The molecule has 106 valence electrons. The Kier molecular flexibility index (Phi) is 3.53. The van der Waals surface area contributed by atoms with Crippen LogP contribution < -0.4 is 11.1 Å². The number of hydrogen-bond donors (Lipinski definition) is 3. The number of rotatable bonds is 2. The van der Waals surface area contributed by atoms with Crippen LogP contribution in [0.15, 0.2) is 24.3 Å². The van der Waals surface area contributed by atoms with Crippen LogP contribution in [0, 0.1) is 6.92 Å². The lowest BCUT2D eigenvalue weighted by Crippen LogP contribution is -2.15. The van der Waals surface area contributed by atoms with Gasteiger partial charge in [-0.25, -0.2) is 0 Å². The number of nitrogen functional groups attached to an aromatic ring is 1. The highest BCUT2D eigenvalue weighted by atomic mass is 16.1. The van der Waals surface area contributed by atoms with E-state index in [-0.39, 0.29) is 11.3 Å². The first kappa shape index (κ1) is 14.1. The Morgan fingerprint density at radius 3 is 2.30 bits per heavy atom. The normalized spacial score (nSPS) is 11.4. The number of anilines is 2. The van der Waals surface area contributed by atoms with Gasteiger partial charge in [-0.15, -0.1) is 0 Å². The average Bonchev–Trinajstić information content (AvgIpc) is 2.70. The van der Waals surface area contributed by atoms with Crippen molar-refractivity contribution in [3.05, 3.63) is 41.1 Å². The van der Waals surface area contributed by atoms with Crippen molar-refractivity contribution in [1.29, 1.82) is 0 Å². The van der Waals surface area contributed by atoms with Gasteiger partial charge in [0.1, 0.15) is 0 Å². The van der Waals surface area contributed by atoms with Crippen LogP contribution >= 0.6 is 0 Å². The molecule has 0 spiro atoms. The van der Waals surface area contributed by atoms with Crippen LogP contribution in [0.3, 0.4) is 0 Å². The SMILES string of the molecule is Cc1[nH]nc(NC(=O)c2ccc(C(C)(C)C)cc2)c1N. The van der Waals surface area contributed by atoms with Gasteiger partial charge in [0.2, 0.25) is 0 Å². The molecule has 2 aromatic rings. The van der Waals surface area contributed by atoms with E-state index in [4.69, 9.17) is 5.73 Å². The van der Waals surface area contributed by atoms with E-state index in [1.54, 1.807) is 6.92 Å². The molecule has 2 rings (SSSR count). The maximum Gasteiger partial charge on any atom is 0.256 e. The second-order valence-electron chi connectivity index (χ2n) is 5.89. The molecular weight excluding hydrogens is 252 g/mol. The summed E-state index contributed by atoms with van der Waals surface area (Å²) < 4.78 is 0. The molecule has 0 fully saturated rings. The van der Waals surface area contributed by atoms with Gasteiger partial charge in [0.15, 0.2) is 5.82 Å². The number of nitrogens with two attached hydrogens (primary N) is 1. The number of amides is 1. The van der Waals surface area contributed by atoms with E-state index in [0.29, 0.717) is 17.1 Å². The Hall–Kier alpha value is -2.30. The minimum Gasteiger partial charge on any atom is -0.394 e. The Morgan fingerprint density at radius 2 is 1.85 bits per heavy atom. The monoisotopic (exact) mass is 272 g/mol. The van der Waals surface area contributed by atoms with Crippen LogP contribution in [0.2, 0.25) is 0 Å². The molecule has 1 aromatic heterocycles. The fraction of sp³-hybridized carbons (Fsp3) is 0.333. The van der Waals surface area contributed by atoms with Gasteiger partial charge >= 0.3 is 0 Å². The summed E-state index contributed by atoms with van der Waals surface area (Å²) in [5.41, 5.74) is 8.84. The van der Waals surface area contributed by atoms with Gasteiger partial charge in [0.25, 0.3) is 5.91 Å². The van der Waals surface area contributed by atoms with Crippen LogP contribution in [0.5, 0.6) is 0 Å². The predicted molar refractivity (Wildman–Crippen MR) is 80.8 cm³/mol. The third kappa shape index (κ3) is 2.82. The third-order valence-electron chi connectivity index (χ3n) is 3.24. The van der Waals surface area contributed by atoms with Crippen LogP contribution in [0.1, 0.15) is 42.4 Å². The molecule has 0 bridgehead atoms. The van der Waals surface area contributed by atoms with Crippen LogP contribution in [0.4, 0.5) is 11.5 Å². The zero-order valence-electron chi connectivity index (χ0n) is 12.2. The number of hydrogen-bond acceptors (Lipinski definition) is 3. The van der Waals surface area contributed by atoms with E-state index in [9.17, 15) is 4.79 Å². The number of nitrogens with one attached hydrogen (secondary N) is 2. The summed E-state index contributed by atoms with van der Waals surface area (Å²) in [5, 5.41) is 9.39. The van der Waals surface area contributed by atoms with Crippen LogP contribution in [-0.4, -0.2) is 16.1 Å². The molecule has 0 saturated heterocycles. The van der Waals surface area contributed by atoms with Gasteiger partial charge in [0, 0.05) is 5.56 Å². The topological polar surface area (TPSA) is 83.8 Å². The molecule has 1 heterocycles. The molecule has 5 heteroatoms. The number of aromatic amines is 1. The van der Waals surface area contributed by atoms with E-state index >= 15 is 0 Å². The van der Waals surface area contributed by atoms with Crippen molar-refractivity contribution in [3.8, 4) is 0 Å². The first-order valence-electron chi connectivity index (χ1n) is 6.51. The molecule has 0 saturated carbocycles. The molecule has 4 N–H and O–H groups in total.